The molecule has 0 aliphatic carbocycles. The van der Waals surface area contributed by atoms with Crippen LogP contribution in [0.5, 0.6) is 0 Å². The highest BCUT2D eigenvalue weighted by Gasteiger charge is 2.25. The number of para-hydroxylation sites is 2. The van der Waals surface area contributed by atoms with Gasteiger partial charge >= 0.3 is 0 Å². The SMILES string of the molecule is Cc1cc(C)n(CCNC(=O)C2CCN(Cc3nc4ccccc4[nH]3)CC2)n1. The number of fused-ring (bicyclic) bond motifs is 1. The average molecular weight is 380 g/mol. The number of H-pyrrole nitrogens is 1. The van der Waals surface area contributed by atoms with Gasteiger partial charge in [0.05, 0.1) is 29.8 Å². The van der Waals surface area contributed by atoms with Gasteiger partial charge in [0, 0.05) is 18.2 Å². The highest BCUT2D eigenvalue weighted by molar-refractivity contribution is 5.78. The van der Waals surface area contributed by atoms with Crippen molar-refractivity contribution in [2.24, 2.45) is 5.92 Å². The average Bonchev–Trinajstić information content (AvgIpc) is 3.23. The van der Waals surface area contributed by atoms with E-state index in [1.54, 1.807) is 0 Å². The Balaban J connectivity index is 1.22. The van der Waals surface area contributed by atoms with E-state index in [9.17, 15) is 4.79 Å². The molecule has 0 saturated carbocycles. The van der Waals surface area contributed by atoms with Gasteiger partial charge in [-0.2, -0.15) is 5.10 Å². The molecule has 148 valence electrons. The third-order valence-electron chi connectivity index (χ3n) is 5.50. The van der Waals surface area contributed by atoms with Crippen LogP contribution in [0.3, 0.4) is 0 Å². The number of amides is 1. The topological polar surface area (TPSA) is 78.8 Å². The maximum absolute atomic E-state index is 12.5. The maximum Gasteiger partial charge on any atom is 0.223 e. The fourth-order valence-electron chi connectivity index (χ4n) is 3.98. The molecule has 28 heavy (non-hydrogen) atoms. The molecule has 1 aromatic carbocycles. The molecule has 0 radical (unpaired) electrons. The normalized spacial score (nSPS) is 15.9. The lowest BCUT2D eigenvalue weighted by Gasteiger charge is -2.30. The summed E-state index contributed by atoms with van der Waals surface area (Å²) in [7, 11) is 0. The molecule has 1 aliphatic rings. The minimum absolute atomic E-state index is 0.104. The monoisotopic (exact) mass is 380 g/mol. The molecule has 1 amide bonds. The van der Waals surface area contributed by atoms with Crippen molar-refractivity contribution in [1.82, 2.24) is 30.0 Å². The van der Waals surface area contributed by atoms with E-state index in [2.05, 4.69) is 37.4 Å². The van der Waals surface area contributed by atoms with Crippen molar-refractivity contribution in [3.63, 3.8) is 0 Å². The number of hydrogen-bond donors (Lipinski definition) is 2. The summed E-state index contributed by atoms with van der Waals surface area (Å²) in [5, 5.41) is 7.52. The summed E-state index contributed by atoms with van der Waals surface area (Å²) in [6.45, 7) is 8.02. The number of aromatic amines is 1. The first-order valence-corrected chi connectivity index (χ1v) is 10.0. The molecule has 2 aromatic heterocycles. The van der Waals surface area contributed by atoms with Crippen molar-refractivity contribution in [3.05, 3.63) is 47.5 Å². The van der Waals surface area contributed by atoms with Gasteiger partial charge in [0.15, 0.2) is 0 Å². The minimum atomic E-state index is 0.104. The van der Waals surface area contributed by atoms with Gasteiger partial charge in [-0.15, -0.1) is 0 Å². The highest BCUT2D eigenvalue weighted by Crippen LogP contribution is 2.19. The van der Waals surface area contributed by atoms with Gasteiger partial charge in [0.25, 0.3) is 0 Å². The Morgan fingerprint density at radius 1 is 1.25 bits per heavy atom. The molecule has 1 fully saturated rings. The highest BCUT2D eigenvalue weighted by atomic mass is 16.1. The second-order valence-corrected chi connectivity index (χ2v) is 7.69. The smallest absolute Gasteiger partial charge is 0.223 e. The Morgan fingerprint density at radius 2 is 2.04 bits per heavy atom. The van der Waals surface area contributed by atoms with Crippen molar-refractivity contribution in [1.29, 1.82) is 0 Å². The first kappa shape index (κ1) is 18.7. The molecule has 4 rings (SSSR count). The van der Waals surface area contributed by atoms with Crippen LogP contribution in [0.4, 0.5) is 0 Å². The van der Waals surface area contributed by atoms with Crippen molar-refractivity contribution < 1.29 is 4.79 Å². The molecule has 3 heterocycles. The maximum atomic E-state index is 12.5. The predicted molar refractivity (Wildman–Crippen MR) is 109 cm³/mol. The molecule has 7 nitrogen and oxygen atoms in total. The number of carbonyl (C=O) groups excluding carboxylic acids is 1. The third kappa shape index (κ3) is 4.25. The first-order valence-electron chi connectivity index (χ1n) is 10.0. The van der Waals surface area contributed by atoms with Gasteiger partial charge in [-0.05, 0) is 58.0 Å². The van der Waals surface area contributed by atoms with Crippen molar-refractivity contribution in [3.8, 4) is 0 Å². The number of hydrogen-bond acceptors (Lipinski definition) is 4. The van der Waals surface area contributed by atoms with E-state index in [0.29, 0.717) is 6.54 Å². The molecule has 2 N–H and O–H groups in total. The van der Waals surface area contributed by atoms with Gasteiger partial charge in [-0.3, -0.25) is 14.4 Å². The van der Waals surface area contributed by atoms with Crippen LogP contribution in [0, 0.1) is 19.8 Å². The van der Waals surface area contributed by atoms with E-state index in [0.717, 1.165) is 67.3 Å². The van der Waals surface area contributed by atoms with Crippen LogP contribution in [0.2, 0.25) is 0 Å². The second kappa shape index (κ2) is 8.14. The Labute approximate surface area is 165 Å². The molecule has 0 unspecified atom stereocenters. The predicted octanol–water partition coefficient (Wildman–Crippen LogP) is 2.40. The number of imidazole rings is 1. The molecule has 0 spiro atoms. The number of nitrogens with one attached hydrogen (secondary N) is 2. The van der Waals surface area contributed by atoms with Gasteiger partial charge in [-0.1, -0.05) is 12.1 Å². The van der Waals surface area contributed by atoms with E-state index in [-0.39, 0.29) is 11.8 Å². The standard InChI is InChI=1S/C21H28N6O/c1-15-13-16(2)27(25-15)12-9-22-21(28)17-7-10-26(11-8-17)14-20-23-18-5-3-4-6-19(18)24-20/h3-6,13,17H,7-12,14H2,1-2H3,(H,22,28)(H,23,24). The van der Waals surface area contributed by atoms with Crippen molar-refractivity contribution in [2.75, 3.05) is 19.6 Å². The molecule has 0 atom stereocenters. The molecule has 3 aromatic rings. The number of aromatic nitrogens is 4. The summed E-state index contributed by atoms with van der Waals surface area (Å²) in [6, 6.07) is 10.2. The summed E-state index contributed by atoms with van der Waals surface area (Å²) < 4.78 is 1.95. The van der Waals surface area contributed by atoms with E-state index in [4.69, 9.17) is 0 Å². The van der Waals surface area contributed by atoms with Crippen molar-refractivity contribution in [2.45, 2.75) is 39.8 Å². The zero-order valence-corrected chi connectivity index (χ0v) is 16.6. The fraction of sp³-hybridized carbons (Fsp3) is 0.476. The Morgan fingerprint density at radius 3 is 2.75 bits per heavy atom. The van der Waals surface area contributed by atoms with Crippen LogP contribution >= 0.6 is 0 Å². The largest absolute Gasteiger partial charge is 0.354 e. The summed E-state index contributed by atoms with van der Waals surface area (Å²) in [4.78, 5) is 22.9. The number of carbonyl (C=O) groups is 1. The first-order chi connectivity index (χ1) is 13.6. The van der Waals surface area contributed by atoms with E-state index >= 15 is 0 Å². The zero-order valence-electron chi connectivity index (χ0n) is 16.6. The number of likely N-dealkylation sites (tertiary alicyclic amines) is 1. The quantitative estimate of drug-likeness (QED) is 0.688. The zero-order chi connectivity index (χ0) is 19.5. The summed E-state index contributed by atoms with van der Waals surface area (Å²) in [6.07, 6.45) is 1.79. The lowest BCUT2D eigenvalue weighted by Crippen LogP contribution is -2.41. The number of nitrogens with zero attached hydrogens (tertiary/aromatic N) is 4. The van der Waals surface area contributed by atoms with Gasteiger partial charge in [0.1, 0.15) is 5.82 Å². The van der Waals surface area contributed by atoms with Gasteiger partial charge in [-0.25, -0.2) is 4.98 Å². The number of aryl methyl sites for hydroxylation is 2. The summed E-state index contributed by atoms with van der Waals surface area (Å²) >= 11 is 0. The van der Waals surface area contributed by atoms with Crippen LogP contribution in [-0.2, 0) is 17.9 Å². The molecule has 7 heteroatoms. The number of rotatable bonds is 6. The van der Waals surface area contributed by atoms with Crippen molar-refractivity contribution >= 4 is 16.9 Å². The van der Waals surface area contributed by atoms with Gasteiger partial charge < -0.3 is 10.3 Å². The van der Waals surface area contributed by atoms with E-state index in [1.165, 1.54) is 0 Å². The molecular weight excluding hydrogens is 352 g/mol. The Bertz CT molecular complexity index is 918. The lowest BCUT2D eigenvalue weighted by molar-refractivity contribution is -0.126. The van der Waals surface area contributed by atoms with E-state index < -0.39 is 0 Å². The molecule has 1 aliphatic heterocycles. The molecule has 1 saturated heterocycles. The fourth-order valence-corrected chi connectivity index (χ4v) is 3.98. The number of piperidine rings is 1. The van der Waals surface area contributed by atoms with Crippen LogP contribution in [0.1, 0.15) is 30.1 Å². The minimum Gasteiger partial charge on any atom is -0.354 e. The Hall–Kier alpha value is -2.67. The van der Waals surface area contributed by atoms with E-state index in [1.807, 2.05) is 36.7 Å². The molecular formula is C21H28N6O. The van der Waals surface area contributed by atoms with Crippen LogP contribution in [0.25, 0.3) is 11.0 Å². The van der Waals surface area contributed by atoms with Crippen LogP contribution in [0.15, 0.2) is 30.3 Å². The van der Waals surface area contributed by atoms with Crippen LogP contribution in [-0.4, -0.2) is 50.2 Å². The third-order valence-corrected chi connectivity index (χ3v) is 5.50. The number of benzene rings is 1. The second-order valence-electron chi connectivity index (χ2n) is 7.69. The molecule has 0 bridgehead atoms. The summed E-state index contributed by atoms with van der Waals surface area (Å²) in [5.41, 5.74) is 4.23. The van der Waals surface area contributed by atoms with Gasteiger partial charge in [0.2, 0.25) is 5.91 Å². The van der Waals surface area contributed by atoms with Crippen LogP contribution < -0.4 is 5.32 Å². The Kier molecular flexibility index (Phi) is 5.43. The summed E-state index contributed by atoms with van der Waals surface area (Å²) in [5.74, 6) is 1.27. The lowest BCUT2D eigenvalue weighted by atomic mass is 9.96.